The molecule has 1 aliphatic rings. The van der Waals surface area contributed by atoms with Crippen molar-refractivity contribution in [3.05, 3.63) is 72.3 Å². The van der Waals surface area contributed by atoms with E-state index in [9.17, 15) is 22.8 Å². The van der Waals surface area contributed by atoms with Gasteiger partial charge >= 0.3 is 6.09 Å². The predicted molar refractivity (Wildman–Crippen MR) is 168 cm³/mol. The third-order valence-corrected chi connectivity index (χ3v) is 9.40. The standard InChI is InChI=1S/C31H38N6O6S/c1-35(2)26-15-6-14-25-24(26)13-7-17-28(25)44(41,42)37-19-9-16-27(37)29(39)34-30(33)36(18-8-12-23(32)20-38)31(40)43-21-22-10-4-3-5-11-22/h3-7,10-11,13-15,17,20,23,27H,8-9,12,16,18-19,21,32H2,1-2H3,(H2,33,34,39)/t23-,27-/m0/s1. The maximum atomic E-state index is 14.0. The minimum absolute atomic E-state index is 0.0192. The number of nitrogens with two attached hydrogens (primary N) is 2. The number of fused-ring (bicyclic) bond motifs is 1. The first-order chi connectivity index (χ1) is 21.0. The molecule has 0 aliphatic carbocycles. The molecule has 1 fully saturated rings. The van der Waals surface area contributed by atoms with Gasteiger partial charge in [0.1, 0.15) is 18.9 Å². The van der Waals surface area contributed by atoms with Gasteiger partial charge in [-0.3, -0.25) is 4.79 Å². The van der Waals surface area contributed by atoms with Crippen LogP contribution in [0, 0.1) is 0 Å². The van der Waals surface area contributed by atoms with Crippen LogP contribution in [-0.2, 0) is 31.0 Å². The number of hydrogen-bond acceptors (Lipinski definition) is 8. The number of benzene rings is 3. The van der Waals surface area contributed by atoms with Crippen LogP contribution in [0.3, 0.4) is 0 Å². The zero-order valence-corrected chi connectivity index (χ0v) is 25.7. The maximum absolute atomic E-state index is 14.0. The highest BCUT2D eigenvalue weighted by Gasteiger charge is 2.40. The molecule has 13 heteroatoms. The Morgan fingerprint density at radius 3 is 2.48 bits per heavy atom. The molecular weight excluding hydrogens is 584 g/mol. The average Bonchev–Trinajstić information content (AvgIpc) is 3.53. The Kier molecular flexibility index (Phi) is 10.7. The Balaban J connectivity index is 1.58. The molecule has 3 aromatic carbocycles. The molecule has 1 heterocycles. The molecule has 44 heavy (non-hydrogen) atoms. The Labute approximate surface area is 257 Å². The molecule has 0 spiro atoms. The number of amides is 2. The van der Waals surface area contributed by atoms with E-state index in [1.807, 2.05) is 37.2 Å². The summed E-state index contributed by atoms with van der Waals surface area (Å²) in [6.07, 6.45) is 1.00. The van der Waals surface area contributed by atoms with Crippen molar-refractivity contribution in [3.63, 3.8) is 0 Å². The van der Waals surface area contributed by atoms with E-state index < -0.39 is 40.1 Å². The predicted octanol–water partition coefficient (Wildman–Crippen LogP) is 2.85. The Bertz CT molecular complexity index is 1630. The maximum Gasteiger partial charge on any atom is 0.416 e. The number of ether oxygens (including phenoxy) is 1. The Hall–Kier alpha value is -4.33. The normalized spacial score (nSPS) is 16.4. The number of sulfonamides is 1. The fourth-order valence-electron chi connectivity index (χ4n) is 5.18. The summed E-state index contributed by atoms with van der Waals surface area (Å²) in [5.41, 5.74) is 13.5. The van der Waals surface area contributed by atoms with Crippen LogP contribution in [0.4, 0.5) is 10.5 Å². The van der Waals surface area contributed by atoms with Gasteiger partial charge in [0.2, 0.25) is 16.0 Å². The van der Waals surface area contributed by atoms with Gasteiger partial charge in [-0.05, 0) is 43.4 Å². The van der Waals surface area contributed by atoms with Gasteiger partial charge in [-0.15, -0.1) is 0 Å². The SMILES string of the molecule is CN(C)c1cccc2c(S(=O)(=O)N3CCC[C@H]3C(=O)N=C(N)N(CCC[C@H](N)C=O)C(=O)OCc3ccccc3)cccc12. The minimum Gasteiger partial charge on any atom is -0.444 e. The molecule has 2 atom stereocenters. The lowest BCUT2D eigenvalue weighted by atomic mass is 10.1. The molecule has 3 aromatic rings. The van der Waals surface area contributed by atoms with E-state index in [2.05, 4.69) is 4.99 Å². The first-order valence-electron chi connectivity index (χ1n) is 14.3. The molecular formula is C31H38N6O6S. The van der Waals surface area contributed by atoms with Gasteiger partial charge in [-0.2, -0.15) is 9.30 Å². The van der Waals surface area contributed by atoms with Crippen LogP contribution >= 0.6 is 0 Å². The van der Waals surface area contributed by atoms with Gasteiger partial charge in [0.15, 0.2) is 0 Å². The number of rotatable bonds is 11. The molecule has 0 bridgehead atoms. The zero-order valence-electron chi connectivity index (χ0n) is 24.8. The fourth-order valence-corrected chi connectivity index (χ4v) is 7.04. The highest BCUT2D eigenvalue weighted by molar-refractivity contribution is 7.89. The molecule has 12 nitrogen and oxygen atoms in total. The zero-order chi connectivity index (χ0) is 31.9. The summed E-state index contributed by atoms with van der Waals surface area (Å²) < 4.78 is 34.5. The summed E-state index contributed by atoms with van der Waals surface area (Å²) in [5, 5.41) is 1.31. The van der Waals surface area contributed by atoms with Gasteiger partial charge in [-0.25, -0.2) is 18.1 Å². The van der Waals surface area contributed by atoms with Crippen LogP contribution in [0.1, 0.15) is 31.2 Å². The second-order valence-electron chi connectivity index (χ2n) is 10.7. The number of aliphatic imine (C=N–C) groups is 1. The Morgan fingerprint density at radius 2 is 1.77 bits per heavy atom. The average molecular weight is 623 g/mol. The molecule has 4 rings (SSSR count). The van der Waals surface area contributed by atoms with Crippen LogP contribution < -0.4 is 16.4 Å². The molecule has 0 radical (unpaired) electrons. The van der Waals surface area contributed by atoms with E-state index in [-0.39, 0.29) is 43.9 Å². The highest BCUT2D eigenvalue weighted by Crippen LogP contribution is 2.34. The van der Waals surface area contributed by atoms with Crippen molar-refractivity contribution in [2.24, 2.45) is 16.5 Å². The summed E-state index contributed by atoms with van der Waals surface area (Å²) in [4.78, 5) is 44.4. The molecule has 234 valence electrons. The molecule has 0 saturated carbocycles. The smallest absolute Gasteiger partial charge is 0.416 e. The first kappa shape index (κ1) is 32.6. The molecule has 1 aliphatic heterocycles. The van der Waals surface area contributed by atoms with E-state index in [1.54, 1.807) is 42.5 Å². The fraction of sp³-hybridized carbons (Fsp3) is 0.355. The van der Waals surface area contributed by atoms with Gasteiger partial charge in [-0.1, -0.05) is 54.6 Å². The molecule has 2 amide bonds. The molecule has 1 saturated heterocycles. The van der Waals surface area contributed by atoms with E-state index in [0.29, 0.717) is 18.1 Å². The topological polar surface area (TPSA) is 169 Å². The third kappa shape index (κ3) is 7.41. The van der Waals surface area contributed by atoms with Crippen molar-refractivity contribution in [1.82, 2.24) is 9.21 Å². The van der Waals surface area contributed by atoms with Crippen LogP contribution in [0.2, 0.25) is 0 Å². The second kappa shape index (κ2) is 14.4. The van der Waals surface area contributed by atoms with Crippen LogP contribution in [0.15, 0.2) is 76.6 Å². The van der Waals surface area contributed by atoms with E-state index in [0.717, 1.165) is 25.8 Å². The van der Waals surface area contributed by atoms with Gasteiger partial charge in [0.25, 0.3) is 5.91 Å². The minimum atomic E-state index is -4.11. The van der Waals surface area contributed by atoms with Crippen LogP contribution in [0.25, 0.3) is 10.8 Å². The van der Waals surface area contributed by atoms with E-state index in [1.165, 1.54) is 6.07 Å². The highest BCUT2D eigenvalue weighted by atomic mass is 32.2. The largest absolute Gasteiger partial charge is 0.444 e. The van der Waals surface area contributed by atoms with Crippen molar-refractivity contribution in [1.29, 1.82) is 0 Å². The quantitative estimate of drug-likeness (QED) is 0.186. The molecule has 4 N–H and O–H groups in total. The van der Waals surface area contributed by atoms with Gasteiger partial charge < -0.3 is 25.9 Å². The lowest BCUT2D eigenvalue weighted by Crippen LogP contribution is -2.45. The third-order valence-electron chi connectivity index (χ3n) is 7.44. The summed E-state index contributed by atoms with van der Waals surface area (Å²) in [5.74, 6) is -1.22. The lowest BCUT2D eigenvalue weighted by Gasteiger charge is -2.24. The second-order valence-corrected chi connectivity index (χ2v) is 12.6. The van der Waals surface area contributed by atoms with Crippen LogP contribution in [0.5, 0.6) is 0 Å². The number of carbonyl (C=O) groups is 3. The van der Waals surface area contributed by atoms with Gasteiger partial charge in [0, 0.05) is 43.6 Å². The van der Waals surface area contributed by atoms with Crippen molar-refractivity contribution in [2.75, 3.05) is 32.1 Å². The number of hydrogen-bond donors (Lipinski definition) is 2. The number of nitrogens with zero attached hydrogens (tertiary/aromatic N) is 4. The van der Waals surface area contributed by atoms with Crippen molar-refractivity contribution >= 4 is 50.7 Å². The molecule has 0 unspecified atom stereocenters. The number of anilines is 1. The van der Waals surface area contributed by atoms with Crippen molar-refractivity contribution < 1.29 is 27.5 Å². The Morgan fingerprint density at radius 1 is 1.07 bits per heavy atom. The number of carbonyl (C=O) groups excluding carboxylic acids is 3. The van der Waals surface area contributed by atoms with E-state index in [4.69, 9.17) is 16.2 Å². The number of aldehydes is 1. The summed E-state index contributed by atoms with van der Waals surface area (Å²) in [7, 11) is -0.349. The first-order valence-corrected chi connectivity index (χ1v) is 15.8. The lowest BCUT2D eigenvalue weighted by molar-refractivity contribution is -0.120. The molecule has 0 aromatic heterocycles. The van der Waals surface area contributed by atoms with Crippen molar-refractivity contribution in [2.45, 2.75) is 49.3 Å². The number of guanidine groups is 1. The van der Waals surface area contributed by atoms with Crippen LogP contribution in [-0.4, -0.2) is 81.1 Å². The van der Waals surface area contributed by atoms with E-state index >= 15 is 0 Å². The monoisotopic (exact) mass is 622 g/mol. The summed E-state index contributed by atoms with van der Waals surface area (Å²) >= 11 is 0. The van der Waals surface area contributed by atoms with Gasteiger partial charge in [0.05, 0.1) is 10.9 Å². The van der Waals surface area contributed by atoms with Crippen molar-refractivity contribution in [3.8, 4) is 0 Å². The summed E-state index contributed by atoms with van der Waals surface area (Å²) in [6, 6.07) is 17.7. The summed E-state index contributed by atoms with van der Waals surface area (Å²) in [6.45, 7) is 0.0689.